The molecule has 0 saturated carbocycles. The molecule has 76 valence electrons. The average Bonchev–Trinajstić information content (AvgIpc) is 2.54. The van der Waals surface area contributed by atoms with Gasteiger partial charge in [0, 0.05) is 18.3 Å². The van der Waals surface area contributed by atoms with Crippen molar-refractivity contribution in [1.82, 2.24) is 10.3 Å². The molecule has 1 aliphatic heterocycles. The molecule has 1 saturated heterocycles. The maximum Gasteiger partial charge on any atom is 0.126 e. The second-order valence-corrected chi connectivity index (χ2v) is 4.01. The van der Waals surface area contributed by atoms with Gasteiger partial charge in [0.2, 0.25) is 0 Å². The van der Waals surface area contributed by atoms with Crippen LogP contribution < -0.4 is 10.6 Å². The Kier molecular flexibility index (Phi) is 2.68. The number of anilines is 1. The van der Waals surface area contributed by atoms with E-state index in [1.165, 1.54) is 12.0 Å². The summed E-state index contributed by atoms with van der Waals surface area (Å²) in [6.45, 7) is 6.30. The summed E-state index contributed by atoms with van der Waals surface area (Å²) < 4.78 is 0. The molecule has 2 N–H and O–H groups in total. The van der Waals surface area contributed by atoms with E-state index in [1.54, 1.807) is 0 Å². The minimum Gasteiger partial charge on any atom is -0.366 e. The summed E-state index contributed by atoms with van der Waals surface area (Å²) in [5.41, 5.74) is 2.35. The predicted molar refractivity (Wildman–Crippen MR) is 58.6 cm³/mol. The molecule has 0 aromatic carbocycles. The van der Waals surface area contributed by atoms with Crippen LogP contribution in [-0.4, -0.2) is 24.1 Å². The topological polar surface area (TPSA) is 37.0 Å². The van der Waals surface area contributed by atoms with Crippen LogP contribution in [0.4, 0.5) is 5.82 Å². The third-order valence-electron chi connectivity index (χ3n) is 2.51. The van der Waals surface area contributed by atoms with Crippen molar-refractivity contribution in [3.05, 3.63) is 23.4 Å². The van der Waals surface area contributed by atoms with E-state index in [4.69, 9.17) is 0 Å². The Balaban J connectivity index is 2.07. The van der Waals surface area contributed by atoms with Crippen molar-refractivity contribution >= 4 is 5.82 Å². The number of nitrogens with one attached hydrogen (secondary N) is 2. The Bertz CT molecular complexity index is 296. The van der Waals surface area contributed by atoms with Gasteiger partial charge in [0.05, 0.1) is 0 Å². The minimum atomic E-state index is 0.545. The van der Waals surface area contributed by atoms with Crippen LogP contribution in [0.25, 0.3) is 0 Å². The largest absolute Gasteiger partial charge is 0.366 e. The van der Waals surface area contributed by atoms with E-state index >= 15 is 0 Å². The van der Waals surface area contributed by atoms with Crippen molar-refractivity contribution < 1.29 is 0 Å². The van der Waals surface area contributed by atoms with Gasteiger partial charge in [0.1, 0.15) is 5.82 Å². The van der Waals surface area contributed by atoms with Crippen LogP contribution >= 0.6 is 0 Å². The number of nitrogens with zero attached hydrogens (tertiary/aromatic N) is 1. The first kappa shape index (κ1) is 9.46. The second-order valence-electron chi connectivity index (χ2n) is 4.01. The van der Waals surface area contributed by atoms with Gasteiger partial charge in [-0.05, 0) is 44.5 Å². The van der Waals surface area contributed by atoms with Gasteiger partial charge in [0.15, 0.2) is 0 Å². The molecule has 0 radical (unpaired) electrons. The van der Waals surface area contributed by atoms with Gasteiger partial charge in [-0.3, -0.25) is 0 Å². The fourth-order valence-corrected chi connectivity index (χ4v) is 1.90. The Hall–Kier alpha value is -1.09. The van der Waals surface area contributed by atoms with E-state index < -0.39 is 0 Å². The van der Waals surface area contributed by atoms with Crippen LogP contribution in [0.2, 0.25) is 0 Å². The Labute approximate surface area is 84.9 Å². The number of hydrogen-bond acceptors (Lipinski definition) is 3. The van der Waals surface area contributed by atoms with Gasteiger partial charge in [0.25, 0.3) is 0 Å². The van der Waals surface area contributed by atoms with Crippen LogP contribution in [-0.2, 0) is 0 Å². The van der Waals surface area contributed by atoms with Crippen molar-refractivity contribution in [1.29, 1.82) is 0 Å². The zero-order valence-electron chi connectivity index (χ0n) is 8.80. The lowest BCUT2D eigenvalue weighted by Crippen LogP contribution is -2.22. The first-order valence-corrected chi connectivity index (χ1v) is 5.16. The summed E-state index contributed by atoms with van der Waals surface area (Å²) in [7, 11) is 0. The predicted octanol–water partition coefficient (Wildman–Crippen LogP) is 1.47. The van der Waals surface area contributed by atoms with Gasteiger partial charge in [-0.1, -0.05) is 0 Å². The Morgan fingerprint density at radius 2 is 2.29 bits per heavy atom. The number of rotatable bonds is 2. The van der Waals surface area contributed by atoms with E-state index in [2.05, 4.69) is 34.7 Å². The van der Waals surface area contributed by atoms with Gasteiger partial charge in [-0.2, -0.15) is 0 Å². The lowest BCUT2D eigenvalue weighted by atomic mass is 10.2. The third-order valence-corrected chi connectivity index (χ3v) is 2.51. The lowest BCUT2D eigenvalue weighted by Gasteiger charge is -2.12. The summed E-state index contributed by atoms with van der Waals surface area (Å²) in [4.78, 5) is 4.46. The average molecular weight is 191 g/mol. The number of hydrogen-bond donors (Lipinski definition) is 2. The minimum absolute atomic E-state index is 0.545. The highest BCUT2D eigenvalue weighted by Crippen LogP contribution is 2.12. The van der Waals surface area contributed by atoms with Crippen LogP contribution in [0, 0.1) is 13.8 Å². The molecule has 1 atom stereocenters. The highest BCUT2D eigenvalue weighted by Gasteiger charge is 2.14. The molecule has 1 aromatic rings. The molecule has 1 aliphatic rings. The third kappa shape index (κ3) is 2.23. The normalized spacial score (nSPS) is 21.1. The monoisotopic (exact) mass is 191 g/mol. The van der Waals surface area contributed by atoms with Gasteiger partial charge < -0.3 is 10.6 Å². The maximum absolute atomic E-state index is 4.46. The molecule has 0 aliphatic carbocycles. The molecular formula is C11H17N3. The number of aromatic nitrogens is 1. The second kappa shape index (κ2) is 3.96. The Morgan fingerprint density at radius 1 is 1.43 bits per heavy atom. The molecule has 2 heterocycles. The van der Waals surface area contributed by atoms with E-state index in [0.717, 1.165) is 24.6 Å². The van der Waals surface area contributed by atoms with Crippen molar-refractivity contribution in [2.24, 2.45) is 0 Å². The first-order valence-electron chi connectivity index (χ1n) is 5.16. The molecule has 2 rings (SSSR count). The molecule has 0 amide bonds. The van der Waals surface area contributed by atoms with Crippen LogP contribution in [0.15, 0.2) is 12.1 Å². The SMILES string of the molecule is Cc1cc(C)nc(NC2CCNC2)c1. The smallest absolute Gasteiger partial charge is 0.126 e. The van der Waals surface area contributed by atoms with Gasteiger partial charge in [-0.25, -0.2) is 4.98 Å². The summed E-state index contributed by atoms with van der Waals surface area (Å²) >= 11 is 0. The molecular weight excluding hydrogens is 174 g/mol. The molecule has 0 bridgehead atoms. The maximum atomic E-state index is 4.46. The zero-order chi connectivity index (χ0) is 9.97. The van der Waals surface area contributed by atoms with Crippen molar-refractivity contribution in [3.8, 4) is 0 Å². The van der Waals surface area contributed by atoms with E-state index in [-0.39, 0.29) is 0 Å². The lowest BCUT2D eigenvalue weighted by molar-refractivity contribution is 0.787. The number of pyridine rings is 1. The van der Waals surface area contributed by atoms with E-state index in [0.29, 0.717) is 6.04 Å². The van der Waals surface area contributed by atoms with Crippen molar-refractivity contribution in [2.45, 2.75) is 26.3 Å². The fraction of sp³-hybridized carbons (Fsp3) is 0.545. The van der Waals surface area contributed by atoms with E-state index in [9.17, 15) is 0 Å². The zero-order valence-corrected chi connectivity index (χ0v) is 8.80. The van der Waals surface area contributed by atoms with Crippen molar-refractivity contribution in [2.75, 3.05) is 18.4 Å². The molecule has 14 heavy (non-hydrogen) atoms. The summed E-state index contributed by atoms with van der Waals surface area (Å²) in [6, 6.07) is 4.74. The first-order chi connectivity index (χ1) is 6.74. The molecule has 1 unspecified atom stereocenters. The molecule has 3 nitrogen and oxygen atoms in total. The van der Waals surface area contributed by atoms with Crippen LogP contribution in [0.5, 0.6) is 0 Å². The quantitative estimate of drug-likeness (QED) is 0.743. The van der Waals surface area contributed by atoms with Gasteiger partial charge in [-0.15, -0.1) is 0 Å². The molecule has 1 fully saturated rings. The molecule has 0 spiro atoms. The fourth-order valence-electron chi connectivity index (χ4n) is 1.90. The summed E-state index contributed by atoms with van der Waals surface area (Å²) in [5.74, 6) is 1.01. The van der Waals surface area contributed by atoms with Crippen LogP contribution in [0.1, 0.15) is 17.7 Å². The summed E-state index contributed by atoms with van der Waals surface area (Å²) in [6.07, 6.45) is 1.19. The standard InChI is InChI=1S/C11H17N3/c1-8-5-9(2)13-11(6-8)14-10-3-4-12-7-10/h5-6,10,12H,3-4,7H2,1-2H3,(H,13,14). The Morgan fingerprint density at radius 3 is 2.93 bits per heavy atom. The number of aryl methyl sites for hydroxylation is 2. The van der Waals surface area contributed by atoms with Crippen molar-refractivity contribution in [3.63, 3.8) is 0 Å². The van der Waals surface area contributed by atoms with Gasteiger partial charge >= 0.3 is 0 Å². The van der Waals surface area contributed by atoms with Crippen LogP contribution in [0.3, 0.4) is 0 Å². The van der Waals surface area contributed by atoms with E-state index in [1.807, 2.05) is 6.92 Å². The molecule has 3 heteroatoms. The highest BCUT2D eigenvalue weighted by molar-refractivity contribution is 5.40. The summed E-state index contributed by atoms with van der Waals surface area (Å²) in [5, 5.41) is 6.78. The highest BCUT2D eigenvalue weighted by atomic mass is 15.1. The molecule has 1 aromatic heterocycles.